The molecule has 2 amide bonds. The number of nitrogens with two attached hydrogens (primary N) is 1. The molecule has 1 aliphatic rings. The summed E-state index contributed by atoms with van der Waals surface area (Å²) in [6.45, 7) is 2.82. The molecule has 1 aromatic rings. The summed E-state index contributed by atoms with van der Waals surface area (Å²) in [5, 5.41) is 3.17. The fourth-order valence-corrected chi connectivity index (χ4v) is 3.63. The largest absolute Gasteiger partial charge is 0.449 e. The van der Waals surface area contributed by atoms with Gasteiger partial charge in [-0.05, 0) is 38.2 Å². The van der Waals surface area contributed by atoms with Gasteiger partial charge in [-0.2, -0.15) is 0 Å². The van der Waals surface area contributed by atoms with E-state index in [9.17, 15) is 14.4 Å². The Morgan fingerprint density at radius 2 is 1.95 bits per heavy atom. The van der Waals surface area contributed by atoms with Gasteiger partial charge in [0.15, 0.2) is 6.10 Å². The number of thiophene rings is 1. The van der Waals surface area contributed by atoms with Crippen LogP contribution in [0.2, 0.25) is 0 Å². The highest BCUT2D eigenvalue weighted by Gasteiger charge is 2.28. The topological polar surface area (TPSA) is 98.5 Å². The van der Waals surface area contributed by atoms with Crippen molar-refractivity contribution in [1.29, 1.82) is 0 Å². The second kappa shape index (κ2) is 6.26. The first-order valence-electron chi connectivity index (χ1n) is 6.82. The molecular formula is C14H18N2O4S. The number of hydrogen-bond acceptors (Lipinski definition) is 5. The number of anilines is 1. The van der Waals surface area contributed by atoms with Gasteiger partial charge in [0.25, 0.3) is 5.91 Å². The monoisotopic (exact) mass is 310 g/mol. The first-order chi connectivity index (χ1) is 9.90. The van der Waals surface area contributed by atoms with Crippen LogP contribution in [0.5, 0.6) is 0 Å². The van der Waals surface area contributed by atoms with Gasteiger partial charge in [0.05, 0.1) is 5.56 Å². The molecule has 6 nitrogen and oxygen atoms in total. The Kier molecular flexibility index (Phi) is 4.62. The molecule has 21 heavy (non-hydrogen) atoms. The number of fused-ring (bicyclic) bond motifs is 1. The lowest BCUT2D eigenvalue weighted by atomic mass is 9.95. The SMILES string of the molecule is CC(=O)Nc1sc2c(c1C(=O)OC(C)C(N)=O)CCCC2. The lowest BCUT2D eigenvalue weighted by Gasteiger charge is -2.14. The maximum absolute atomic E-state index is 12.3. The van der Waals surface area contributed by atoms with Crippen LogP contribution in [-0.2, 0) is 27.2 Å². The van der Waals surface area contributed by atoms with E-state index in [2.05, 4.69) is 5.32 Å². The predicted molar refractivity (Wildman–Crippen MR) is 79.3 cm³/mol. The van der Waals surface area contributed by atoms with Crippen molar-refractivity contribution in [2.45, 2.75) is 45.6 Å². The number of esters is 1. The number of rotatable bonds is 4. The van der Waals surface area contributed by atoms with Crippen molar-refractivity contribution < 1.29 is 19.1 Å². The van der Waals surface area contributed by atoms with Crippen molar-refractivity contribution in [3.63, 3.8) is 0 Å². The highest BCUT2D eigenvalue weighted by atomic mass is 32.1. The van der Waals surface area contributed by atoms with Gasteiger partial charge in [-0.3, -0.25) is 9.59 Å². The number of primary amides is 1. The van der Waals surface area contributed by atoms with Crippen LogP contribution >= 0.6 is 11.3 Å². The van der Waals surface area contributed by atoms with E-state index < -0.39 is 18.0 Å². The van der Waals surface area contributed by atoms with Gasteiger partial charge in [-0.25, -0.2) is 4.79 Å². The van der Waals surface area contributed by atoms with Gasteiger partial charge in [0.1, 0.15) is 5.00 Å². The number of carbonyl (C=O) groups is 3. The predicted octanol–water partition coefficient (Wildman–Crippen LogP) is 1.62. The fourth-order valence-electron chi connectivity index (χ4n) is 2.31. The zero-order chi connectivity index (χ0) is 15.6. The number of ether oxygens (including phenoxy) is 1. The van der Waals surface area contributed by atoms with E-state index in [1.54, 1.807) is 0 Å². The Labute approximate surface area is 126 Å². The third-order valence-corrected chi connectivity index (χ3v) is 4.56. The Bertz CT molecular complexity index is 594. The highest BCUT2D eigenvalue weighted by Crippen LogP contribution is 2.38. The van der Waals surface area contributed by atoms with E-state index >= 15 is 0 Å². The first-order valence-corrected chi connectivity index (χ1v) is 7.64. The molecule has 7 heteroatoms. The maximum Gasteiger partial charge on any atom is 0.342 e. The van der Waals surface area contributed by atoms with Gasteiger partial charge < -0.3 is 15.8 Å². The van der Waals surface area contributed by atoms with Crippen LogP contribution in [0.4, 0.5) is 5.00 Å². The Morgan fingerprint density at radius 3 is 2.57 bits per heavy atom. The minimum atomic E-state index is -0.998. The standard InChI is InChI=1S/C14H18N2O4S/c1-7(12(15)18)20-14(19)11-9-5-3-4-6-10(9)21-13(11)16-8(2)17/h7H,3-6H2,1-2H3,(H2,15,18)(H,16,17). The second-order valence-corrected chi connectivity index (χ2v) is 6.15. The lowest BCUT2D eigenvalue weighted by molar-refractivity contribution is -0.125. The van der Waals surface area contributed by atoms with Crippen molar-refractivity contribution in [2.75, 3.05) is 5.32 Å². The molecule has 1 aromatic heterocycles. The van der Waals surface area contributed by atoms with Crippen LogP contribution < -0.4 is 11.1 Å². The summed E-state index contributed by atoms with van der Waals surface area (Å²) in [4.78, 5) is 35.8. The summed E-state index contributed by atoms with van der Waals surface area (Å²) in [5.41, 5.74) is 6.41. The normalized spacial score (nSPS) is 15.0. The van der Waals surface area contributed by atoms with Crippen LogP contribution in [-0.4, -0.2) is 23.9 Å². The van der Waals surface area contributed by atoms with E-state index in [1.807, 2.05) is 0 Å². The molecule has 0 bridgehead atoms. The average molecular weight is 310 g/mol. The Hall–Kier alpha value is -1.89. The molecule has 0 spiro atoms. The first kappa shape index (κ1) is 15.5. The molecule has 0 radical (unpaired) electrons. The molecule has 1 unspecified atom stereocenters. The molecule has 2 rings (SSSR count). The van der Waals surface area contributed by atoms with Gasteiger partial charge in [0.2, 0.25) is 5.91 Å². The zero-order valence-corrected chi connectivity index (χ0v) is 12.8. The van der Waals surface area contributed by atoms with Crippen LogP contribution in [0, 0.1) is 0 Å². The average Bonchev–Trinajstić information content (AvgIpc) is 2.75. The molecule has 0 aromatic carbocycles. The number of amides is 2. The minimum absolute atomic E-state index is 0.245. The van der Waals surface area contributed by atoms with Gasteiger partial charge >= 0.3 is 5.97 Å². The number of aryl methyl sites for hydroxylation is 1. The quantitative estimate of drug-likeness (QED) is 0.825. The molecule has 0 aliphatic heterocycles. The Balaban J connectivity index is 2.35. The second-order valence-electron chi connectivity index (χ2n) is 5.05. The number of hydrogen-bond donors (Lipinski definition) is 2. The van der Waals surface area contributed by atoms with Crippen molar-refractivity contribution in [3.8, 4) is 0 Å². The third kappa shape index (κ3) is 3.41. The molecule has 1 heterocycles. The maximum atomic E-state index is 12.3. The van der Waals surface area contributed by atoms with E-state index in [1.165, 1.54) is 25.2 Å². The van der Waals surface area contributed by atoms with Crippen LogP contribution in [0.15, 0.2) is 0 Å². The summed E-state index contributed by atoms with van der Waals surface area (Å²) >= 11 is 1.41. The van der Waals surface area contributed by atoms with Gasteiger partial charge in [0, 0.05) is 11.8 Å². The number of carbonyl (C=O) groups excluding carboxylic acids is 3. The summed E-state index contributed by atoms with van der Waals surface area (Å²) in [6, 6.07) is 0. The van der Waals surface area contributed by atoms with Crippen LogP contribution in [0.25, 0.3) is 0 Å². The van der Waals surface area contributed by atoms with Crippen molar-refractivity contribution in [3.05, 3.63) is 16.0 Å². The third-order valence-electron chi connectivity index (χ3n) is 3.35. The Morgan fingerprint density at radius 1 is 1.29 bits per heavy atom. The molecule has 0 saturated heterocycles. The van der Waals surface area contributed by atoms with E-state index in [4.69, 9.17) is 10.5 Å². The van der Waals surface area contributed by atoms with E-state index in [0.29, 0.717) is 10.6 Å². The summed E-state index contributed by atoms with van der Waals surface area (Å²) in [5.74, 6) is -1.55. The van der Waals surface area contributed by atoms with E-state index in [0.717, 1.165) is 36.1 Å². The fraction of sp³-hybridized carbons (Fsp3) is 0.500. The van der Waals surface area contributed by atoms with Gasteiger partial charge in [-0.15, -0.1) is 11.3 Å². The number of nitrogens with one attached hydrogen (secondary N) is 1. The zero-order valence-electron chi connectivity index (χ0n) is 12.0. The van der Waals surface area contributed by atoms with Crippen molar-refractivity contribution in [1.82, 2.24) is 0 Å². The van der Waals surface area contributed by atoms with E-state index in [-0.39, 0.29) is 5.91 Å². The van der Waals surface area contributed by atoms with Gasteiger partial charge in [-0.1, -0.05) is 0 Å². The molecule has 1 aliphatic carbocycles. The summed E-state index contributed by atoms with van der Waals surface area (Å²) < 4.78 is 5.09. The smallest absolute Gasteiger partial charge is 0.342 e. The van der Waals surface area contributed by atoms with Crippen LogP contribution in [0.3, 0.4) is 0 Å². The molecule has 0 saturated carbocycles. The highest BCUT2D eigenvalue weighted by molar-refractivity contribution is 7.17. The summed E-state index contributed by atoms with van der Waals surface area (Å²) in [7, 11) is 0. The lowest BCUT2D eigenvalue weighted by Crippen LogP contribution is -2.31. The van der Waals surface area contributed by atoms with Crippen molar-refractivity contribution >= 4 is 34.1 Å². The molecule has 1 atom stereocenters. The summed E-state index contributed by atoms with van der Waals surface area (Å²) in [6.07, 6.45) is 2.74. The molecule has 3 N–H and O–H groups in total. The molecule has 0 fully saturated rings. The van der Waals surface area contributed by atoms with Crippen molar-refractivity contribution in [2.24, 2.45) is 5.73 Å². The minimum Gasteiger partial charge on any atom is -0.449 e. The molecule has 114 valence electrons. The van der Waals surface area contributed by atoms with Crippen LogP contribution in [0.1, 0.15) is 47.5 Å². The molecular weight excluding hydrogens is 292 g/mol.